The second-order valence-electron chi connectivity index (χ2n) is 8.80. The van der Waals surface area contributed by atoms with Crippen molar-refractivity contribution in [1.29, 1.82) is 0 Å². The van der Waals surface area contributed by atoms with Gasteiger partial charge in [0, 0.05) is 11.3 Å². The Morgan fingerprint density at radius 2 is 1.33 bits per heavy atom. The van der Waals surface area contributed by atoms with E-state index >= 15 is 0 Å². The summed E-state index contributed by atoms with van der Waals surface area (Å²) in [4.78, 5) is 12.6. The van der Waals surface area contributed by atoms with E-state index in [1.165, 1.54) is 0 Å². The van der Waals surface area contributed by atoms with Crippen LogP contribution in [-0.4, -0.2) is 17.0 Å². The van der Waals surface area contributed by atoms with Crippen molar-refractivity contribution in [3.8, 4) is 0 Å². The minimum absolute atomic E-state index is 0.0395. The molecule has 2 unspecified atom stereocenters. The Balaban J connectivity index is 5.27. The number of carbonyl (C=O) groups excluding carboxylic acids is 1. The molecule has 0 saturated heterocycles. The van der Waals surface area contributed by atoms with Crippen molar-refractivity contribution in [1.82, 2.24) is 0 Å². The molecule has 18 heavy (non-hydrogen) atoms. The van der Waals surface area contributed by atoms with E-state index in [-0.39, 0.29) is 22.5 Å². The van der Waals surface area contributed by atoms with Crippen molar-refractivity contribution in [2.45, 2.75) is 74.8 Å². The highest BCUT2D eigenvalue weighted by Crippen LogP contribution is 2.37. The maximum absolute atomic E-state index is 12.6. The molecule has 0 aliphatic rings. The van der Waals surface area contributed by atoms with E-state index in [2.05, 4.69) is 20.8 Å². The van der Waals surface area contributed by atoms with Crippen molar-refractivity contribution in [3.63, 3.8) is 0 Å². The Morgan fingerprint density at radius 3 is 1.56 bits per heavy atom. The second kappa shape index (κ2) is 5.32. The highest BCUT2D eigenvalue weighted by molar-refractivity contribution is 5.86. The van der Waals surface area contributed by atoms with Crippen molar-refractivity contribution in [2.24, 2.45) is 22.2 Å². The van der Waals surface area contributed by atoms with Crippen LogP contribution in [0.5, 0.6) is 0 Å². The van der Waals surface area contributed by atoms with Gasteiger partial charge in [0.15, 0.2) is 0 Å². The zero-order valence-corrected chi connectivity index (χ0v) is 13.7. The van der Waals surface area contributed by atoms with Crippen molar-refractivity contribution < 1.29 is 9.90 Å². The Morgan fingerprint density at radius 1 is 0.944 bits per heavy atom. The highest BCUT2D eigenvalue weighted by Gasteiger charge is 2.41. The molecule has 0 bridgehead atoms. The number of carbonyl (C=O) groups is 1. The Kier molecular flexibility index (Phi) is 5.21. The minimum Gasteiger partial charge on any atom is -0.392 e. The molecule has 0 saturated carbocycles. The summed E-state index contributed by atoms with van der Waals surface area (Å²) in [6.45, 7) is 18.1. The highest BCUT2D eigenvalue weighted by atomic mass is 16.3. The summed E-state index contributed by atoms with van der Waals surface area (Å²) in [5.41, 5.74) is -0.628. The quantitative estimate of drug-likeness (QED) is 0.826. The zero-order valence-electron chi connectivity index (χ0n) is 13.7. The molecule has 0 spiro atoms. The van der Waals surface area contributed by atoms with Gasteiger partial charge in [0.1, 0.15) is 5.78 Å². The van der Waals surface area contributed by atoms with Crippen LogP contribution >= 0.6 is 0 Å². The minimum atomic E-state index is -0.594. The van der Waals surface area contributed by atoms with E-state index < -0.39 is 11.5 Å². The van der Waals surface area contributed by atoms with Gasteiger partial charge in [0.2, 0.25) is 0 Å². The van der Waals surface area contributed by atoms with Gasteiger partial charge in [-0.15, -0.1) is 0 Å². The average Bonchev–Trinajstić information content (AvgIpc) is 2.07. The third kappa shape index (κ3) is 5.51. The first kappa shape index (κ1) is 17.6. The number of hydrogen-bond donors (Lipinski definition) is 1. The SMILES string of the molecule is CC(C)(C)CC(C(=O)C(C)(C)C)C(O)C(C)(C)C. The largest absolute Gasteiger partial charge is 0.392 e. The van der Waals surface area contributed by atoms with Crippen molar-refractivity contribution in [2.75, 3.05) is 0 Å². The van der Waals surface area contributed by atoms with E-state index in [4.69, 9.17) is 0 Å². The third-order valence-electron chi connectivity index (χ3n) is 3.18. The fourth-order valence-corrected chi connectivity index (χ4v) is 2.17. The first-order chi connectivity index (χ1) is 7.66. The fourth-order valence-electron chi connectivity index (χ4n) is 2.17. The van der Waals surface area contributed by atoms with Gasteiger partial charge >= 0.3 is 0 Å². The molecule has 0 rings (SSSR count). The van der Waals surface area contributed by atoms with Crippen molar-refractivity contribution in [3.05, 3.63) is 0 Å². The van der Waals surface area contributed by atoms with E-state index in [9.17, 15) is 9.90 Å². The predicted octanol–water partition coefficient (Wildman–Crippen LogP) is 4.06. The predicted molar refractivity (Wildman–Crippen MR) is 77.5 cm³/mol. The summed E-state index contributed by atoms with van der Waals surface area (Å²) in [7, 11) is 0. The van der Waals surface area contributed by atoms with E-state index in [1.807, 2.05) is 41.5 Å². The molecule has 2 nitrogen and oxygen atoms in total. The fraction of sp³-hybridized carbons (Fsp3) is 0.938. The molecular formula is C16H32O2. The summed E-state index contributed by atoms with van der Waals surface area (Å²) in [5, 5.41) is 10.5. The van der Waals surface area contributed by atoms with Crippen LogP contribution in [0, 0.1) is 22.2 Å². The van der Waals surface area contributed by atoms with Crippen LogP contribution < -0.4 is 0 Å². The molecule has 0 heterocycles. The van der Waals surface area contributed by atoms with Gasteiger partial charge in [-0.25, -0.2) is 0 Å². The Labute approximate surface area is 113 Å². The number of Topliss-reactive ketones (excluding diaryl/α,β-unsaturated/α-hetero) is 1. The van der Waals surface area contributed by atoms with Crippen LogP contribution in [0.2, 0.25) is 0 Å². The molecule has 108 valence electrons. The molecule has 2 atom stereocenters. The summed E-state index contributed by atoms with van der Waals surface area (Å²) < 4.78 is 0. The lowest BCUT2D eigenvalue weighted by Gasteiger charge is -2.38. The number of hydrogen-bond acceptors (Lipinski definition) is 2. The summed E-state index contributed by atoms with van der Waals surface area (Å²) in [6.07, 6.45) is 0.130. The molecule has 0 aliphatic carbocycles. The Bertz CT molecular complexity index is 284. The maximum atomic E-state index is 12.6. The van der Waals surface area contributed by atoms with Gasteiger partial charge in [-0.3, -0.25) is 4.79 Å². The number of aliphatic hydroxyl groups excluding tert-OH is 1. The summed E-state index contributed by atoms with van der Waals surface area (Å²) >= 11 is 0. The lowest BCUT2D eigenvalue weighted by atomic mass is 9.68. The molecule has 1 N–H and O–H groups in total. The van der Waals surface area contributed by atoms with Gasteiger partial charge in [0.05, 0.1) is 6.10 Å². The zero-order chi connectivity index (χ0) is 14.9. The van der Waals surface area contributed by atoms with Gasteiger partial charge < -0.3 is 5.11 Å². The van der Waals surface area contributed by atoms with Crippen molar-refractivity contribution >= 4 is 5.78 Å². The normalized spacial score (nSPS) is 17.4. The number of rotatable bonds is 3. The molecule has 0 aromatic carbocycles. The van der Waals surface area contributed by atoms with Gasteiger partial charge in [-0.1, -0.05) is 62.3 Å². The van der Waals surface area contributed by atoms with Gasteiger partial charge in [-0.05, 0) is 17.3 Å². The molecule has 0 radical (unpaired) electrons. The van der Waals surface area contributed by atoms with E-state index in [0.29, 0.717) is 0 Å². The van der Waals surface area contributed by atoms with E-state index in [0.717, 1.165) is 6.42 Å². The standard InChI is InChI=1S/C16H32O2/c1-14(2,3)10-11(12(17)15(4,5)6)13(18)16(7,8)9/h11-12,17H,10H2,1-9H3. The molecule has 0 fully saturated rings. The Hall–Kier alpha value is -0.370. The van der Waals surface area contributed by atoms with E-state index in [1.54, 1.807) is 0 Å². The summed E-state index contributed by atoms with van der Waals surface area (Å²) in [6, 6.07) is 0. The monoisotopic (exact) mass is 256 g/mol. The first-order valence-corrected chi connectivity index (χ1v) is 6.88. The lowest BCUT2D eigenvalue weighted by Crippen LogP contribution is -2.44. The first-order valence-electron chi connectivity index (χ1n) is 6.88. The second-order valence-corrected chi connectivity index (χ2v) is 8.80. The smallest absolute Gasteiger partial charge is 0.143 e. The van der Waals surface area contributed by atoms with Crippen LogP contribution in [0.3, 0.4) is 0 Å². The van der Waals surface area contributed by atoms with Crippen LogP contribution in [0.25, 0.3) is 0 Å². The molecule has 0 amide bonds. The molecular weight excluding hydrogens is 224 g/mol. The van der Waals surface area contributed by atoms with Crippen LogP contribution in [0.4, 0.5) is 0 Å². The van der Waals surface area contributed by atoms with Crippen LogP contribution in [0.15, 0.2) is 0 Å². The topological polar surface area (TPSA) is 37.3 Å². The van der Waals surface area contributed by atoms with Gasteiger partial charge in [-0.2, -0.15) is 0 Å². The molecule has 2 heteroatoms. The maximum Gasteiger partial charge on any atom is 0.143 e. The third-order valence-corrected chi connectivity index (χ3v) is 3.18. The molecule has 0 aromatic heterocycles. The van der Waals surface area contributed by atoms with Gasteiger partial charge in [0.25, 0.3) is 0 Å². The van der Waals surface area contributed by atoms with Crippen LogP contribution in [-0.2, 0) is 4.79 Å². The summed E-state index contributed by atoms with van der Waals surface area (Å²) in [5.74, 6) is -0.121. The number of aliphatic hydroxyl groups is 1. The molecule has 0 aliphatic heterocycles. The average molecular weight is 256 g/mol. The van der Waals surface area contributed by atoms with Crippen LogP contribution in [0.1, 0.15) is 68.7 Å². The molecule has 0 aromatic rings. The number of ketones is 1. The lowest BCUT2D eigenvalue weighted by molar-refractivity contribution is -0.139.